The Balaban J connectivity index is 1.79. The molecular formula is C19H21FO. The molecule has 2 heteroatoms. The molecular weight excluding hydrogens is 263 g/mol. The Kier molecular flexibility index (Phi) is 4.35. The van der Waals surface area contributed by atoms with Gasteiger partial charge in [-0.05, 0) is 36.0 Å². The van der Waals surface area contributed by atoms with Crippen molar-refractivity contribution >= 4 is 0 Å². The number of benzene rings is 2. The smallest absolute Gasteiger partial charge is 0.129 e. The van der Waals surface area contributed by atoms with Crippen molar-refractivity contribution in [2.24, 2.45) is 0 Å². The van der Waals surface area contributed by atoms with Crippen LogP contribution in [0, 0.1) is 5.82 Å². The molecule has 2 aromatic rings. The second-order valence-electron chi connectivity index (χ2n) is 5.93. The summed E-state index contributed by atoms with van der Waals surface area (Å²) < 4.78 is 13.7. The molecule has 0 amide bonds. The quantitative estimate of drug-likeness (QED) is 0.845. The average Bonchev–Trinajstić information content (AvgIpc) is 2.56. The summed E-state index contributed by atoms with van der Waals surface area (Å²) in [7, 11) is 0. The maximum atomic E-state index is 13.7. The lowest BCUT2D eigenvalue weighted by Crippen LogP contribution is -2.06. The Morgan fingerprint density at radius 3 is 2.24 bits per heavy atom. The van der Waals surface area contributed by atoms with E-state index in [9.17, 15) is 9.50 Å². The SMILES string of the molecule is OC(c1ccc(C2CCCCC2)cc1)c1ccccc1F. The van der Waals surface area contributed by atoms with Crippen LogP contribution in [0.2, 0.25) is 0 Å². The van der Waals surface area contributed by atoms with E-state index in [1.165, 1.54) is 43.7 Å². The molecule has 1 N–H and O–H groups in total. The Labute approximate surface area is 125 Å². The van der Waals surface area contributed by atoms with Gasteiger partial charge in [0.15, 0.2) is 0 Å². The number of rotatable bonds is 3. The topological polar surface area (TPSA) is 20.2 Å². The minimum absolute atomic E-state index is 0.336. The Hall–Kier alpha value is -1.67. The first-order chi connectivity index (χ1) is 10.3. The van der Waals surface area contributed by atoms with Crippen molar-refractivity contribution in [1.82, 2.24) is 0 Å². The van der Waals surface area contributed by atoms with Gasteiger partial charge < -0.3 is 5.11 Å². The molecule has 0 aliphatic heterocycles. The maximum Gasteiger partial charge on any atom is 0.129 e. The van der Waals surface area contributed by atoms with Crippen LogP contribution in [0.1, 0.15) is 60.8 Å². The minimum Gasteiger partial charge on any atom is -0.384 e. The van der Waals surface area contributed by atoms with Gasteiger partial charge in [0, 0.05) is 5.56 Å². The van der Waals surface area contributed by atoms with Crippen molar-refractivity contribution in [3.63, 3.8) is 0 Å². The van der Waals surface area contributed by atoms with Crippen molar-refractivity contribution in [1.29, 1.82) is 0 Å². The van der Waals surface area contributed by atoms with Gasteiger partial charge in [-0.3, -0.25) is 0 Å². The standard InChI is InChI=1S/C19H21FO/c20-18-9-5-4-8-17(18)19(21)16-12-10-15(11-13-16)14-6-2-1-3-7-14/h4-5,8-14,19,21H,1-3,6-7H2. The fraction of sp³-hybridized carbons (Fsp3) is 0.368. The molecule has 0 heterocycles. The van der Waals surface area contributed by atoms with Crippen LogP contribution < -0.4 is 0 Å². The van der Waals surface area contributed by atoms with Crippen LogP contribution in [0.4, 0.5) is 4.39 Å². The van der Waals surface area contributed by atoms with Gasteiger partial charge in [-0.15, -0.1) is 0 Å². The number of aliphatic hydroxyl groups is 1. The van der Waals surface area contributed by atoms with Gasteiger partial charge in [0.1, 0.15) is 11.9 Å². The molecule has 110 valence electrons. The first-order valence-corrected chi connectivity index (χ1v) is 7.78. The molecule has 0 bridgehead atoms. The van der Waals surface area contributed by atoms with Gasteiger partial charge in [0.2, 0.25) is 0 Å². The summed E-state index contributed by atoms with van der Waals surface area (Å²) in [5, 5.41) is 10.3. The Bertz CT molecular complexity index is 585. The molecule has 0 spiro atoms. The van der Waals surface area contributed by atoms with Crippen LogP contribution in [0.15, 0.2) is 48.5 Å². The van der Waals surface area contributed by atoms with Crippen LogP contribution in [-0.2, 0) is 0 Å². The van der Waals surface area contributed by atoms with E-state index < -0.39 is 6.10 Å². The van der Waals surface area contributed by atoms with E-state index in [1.807, 2.05) is 12.1 Å². The minimum atomic E-state index is -0.897. The van der Waals surface area contributed by atoms with Gasteiger partial charge in [0.25, 0.3) is 0 Å². The lowest BCUT2D eigenvalue weighted by atomic mass is 9.83. The van der Waals surface area contributed by atoms with Crippen molar-refractivity contribution in [2.45, 2.75) is 44.1 Å². The molecule has 1 aliphatic carbocycles. The molecule has 1 aliphatic rings. The molecule has 3 rings (SSSR count). The third kappa shape index (κ3) is 3.16. The maximum absolute atomic E-state index is 13.7. The lowest BCUT2D eigenvalue weighted by Gasteiger charge is -2.22. The summed E-state index contributed by atoms with van der Waals surface area (Å²) >= 11 is 0. The predicted molar refractivity (Wildman–Crippen MR) is 82.7 cm³/mol. The summed E-state index contributed by atoms with van der Waals surface area (Å²) in [6.07, 6.45) is 5.59. The number of hydrogen-bond donors (Lipinski definition) is 1. The number of hydrogen-bond acceptors (Lipinski definition) is 1. The summed E-state index contributed by atoms with van der Waals surface area (Å²) in [4.78, 5) is 0. The van der Waals surface area contributed by atoms with Gasteiger partial charge in [-0.25, -0.2) is 4.39 Å². The van der Waals surface area contributed by atoms with Gasteiger partial charge in [0.05, 0.1) is 0 Å². The van der Waals surface area contributed by atoms with Crippen LogP contribution >= 0.6 is 0 Å². The summed E-state index contributed by atoms with van der Waals surface area (Å²) in [5.74, 6) is 0.291. The van der Waals surface area contributed by atoms with Gasteiger partial charge in [-0.1, -0.05) is 61.7 Å². The van der Waals surface area contributed by atoms with E-state index in [0.29, 0.717) is 11.5 Å². The zero-order valence-corrected chi connectivity index (χ0v) is 12.1. The Morgan fingerprint density at radius 2 is 1.57 bits per heavy atom. The molecule has 21 heavy (non-hydrogen) atoms. The molecule has 1 fully saturated rings. The van der Waals surface area contributed by atoms with Crippen molar-refractivity contribution in [2.75, 3.05) is 0 Å². The normalized spacial score (nSPS) is 17.6. The lowest BCUT2D eigenvalue weighted by molar-refractivity contribution is 0.215. The van der Waals surface area contributed by atoms with Crippen LogP contribution in [0.3, 0.4) is 0 Å². The third-order valence-electron chi connectivity index (χ3n) is 4.53. The second-order valence-corrected chi connectivity index (χ2v) is 5.93. The second kappa shape index (κ2) is 6.40. The number of halogens is 1. The van der Waals surface area contributed by atoms with E-state index in [1.54, 1.807) is 18.2 Å². The molecule has 1 unspecified atom stereocenters. The molecule has 1 atom stereocenters. The molecule has 0 saturated heterocycles. The molecule has 2 aromatic carbocycles. The van der Waals surface area contributed by atoms with Gasteiger partial charge >= 0.3 is 0 Å². The highest BCUT2D eigenvalue weighted by Gasteiger charge is 2.17. The van der Waals surface area contributed by atoms with E-state index >= 15 is 0 Å². The van der Waals surface area contributed by atoms with Crippen LogP contribution in [0.25, 0.3) is 0 Å². The zero-order valence-electron chi connectivity index (χ0n) is 12.1. The van der Waals surface area contributed by atoms with E-state index in [-0.39, 0.29) is 5.82 Å². The highest BCUT2D eigenvalue weighted by molar-refractivity contribution is 5.33. The molecule has 0 aromatic heterocycles. The van der Waals surface area contributed by atoms with E-state index in [2.05, 4.69) is 12.1 Å². The summed E-state index contributed by atoms with van der Waals surface area (Å²) in [6.45, 7) is 0. The fourth-order valence-electron chi connectivity index (χ4n) is 3.26. The van der Waals surface area contributed by atoms with Crippen molar-refractivity contribution < 1.29 is 9.50 Å². The molecule has 1 nitrogen and oxygen atoms in total. The summed E-state index contributed by atoms with van der Waals surface area (Å²) in [5.41, 5.74) is 2.43. The first-order valence-electron chi connectivity index (χ1n) is 7.78. The molecule has 0 radical (unpaired) electrons. The highest BCUT2D eigenvalue weighted by atomic mass is 19.1. The average molecular weight is 284 g/mol. The third-order valence-corrected chi connectivity index (χ3v) is 4.53. The fourth-order valence-corrected chi connectivity index (χ4v) is 3.26. The summed E-state index contributed by atoms with van der Waals surface area (Å²) in [6, 6.07) is 14.5. The van der Waals surface area contributed by atoms with E-state index in [0.717, 1.165) is 5.56 Å². The molecule has 1 saturated carbocycles. The van der Waals surface area contributed by atoms with E-state index in [4.69, 9.17) is 0 Å². The zero-order chi connectivity index (χ0) is 14.7. The monoisotopic (exact) mass is 284 g/mol. The van der Waals surface area contributed by atoms with Crippen molar-refractivity contribution in [3.05, 3.63) is 71.0 Å². The first kappa shape index (κ1) is 14.3. The van der Waals surface area contributed by atoms with Crippen LogP contribution in [0.5, 0.6) is 0 Å². The van der Waals surface area contributed by atoms with Crippen LogP contribution in [-0.4, -0.2) is 5.11 Å². The Morgan fingerprint density at radius 1 is 0.905 bits per heavy atom. The highest BCUT2D eigenvalue weighted by Crippen LogP contribution is 2.33. The predicted octanol–water partition coefficient (Wildman–Crippen LogP) is 4.96. The van der Waals surface area contributed by atoms with Gasteiger partial charge in [-0.2, -0.15) is 0 Å². The number of aliphatic hydroxyl groups excluding tert-OH is 1. The van der Waals surface area contributed by atoms with Crippen molar-refractivity contribution in [3.8, 4) is 0 Å². The largest absolute Gasteiger partial charge is 0.384 e.